The molecule has 0 aromatic carbocycles. The van der Waals surface area contributed by atoms with Crippen LogP contribution in [0.15, 0.2) is 0 Å². The minimum atomic E-state index is -1.08. The van der Waals surface area contributed by atoms with Gasteiger partial charge < -0.3 is 18.9 Å². The molecule has 0 unspecified atom stereocenters. The summed E-state index contributed by atoms with van der Waals surface area (Å²) in [6, 6.07) is 0. The zero-order valence-corrected chi connectivity index (χ0v) is 12.7. The monoisotopic (exact) mass is 288 g/mol. The molecule has 0 saturated carbocycles. The zero-order chi connectivity index (χ0) is 15.2. The third-order valence-electron chi connectivity index (χ3n) is 3.70. The first-order valence-electron chi connectivity index (χ1n) is 7.00. The lowest BCUT2D eigenvalue weighted by Crippen LogP contribution is -2.51. The molecule has 0 N–H and O–H groups in total. The number of ether oxygens (including phenoxy) is 4. The lowest BCUT2D eigenvalue weighted by molar-refractivity contribution is -0.232. The van der Waals surface area contributed by atoms with Gasteiger partial charge >= 0.3 is 11.9 Å². The topological polar surface area (TPSA) is 71.1 Å². The van der Waals surface area contributed by atoms with Gasteiger partial charge in [-0.2, -0.15) is 0 Å². The van der Waals surface area contributed by atoms with E-state index in [0.29, 0.717) is 19.8 Å². The molecule has 20 heavy (non-hydrogen) atoms. The molecule has 1 saturated heterocycles. The van der Waals surface area contributed by atoms with E-state index in [1.54, 1.807) is 27.7 Å². The molecule has 116 valence electrons. The molecular formula is C14H24O6. The lowest BCUT2D eigenvalue weighted by atomic mass is 9.77. The van der Waals surface area contributed by atoms with Crippen LogP contribution in [0.4, 0.5) is 0 Å². The standard InChI is InChI=1S/C14H24O6/c1-5-17-11(15)7-8-13(3,12(16)18-6-2)14(4)19-9-10-20-14/h5-10H2,1-4H3/t13-/m1/s1. The first-order chi connectivity index (χ1) is 9.39. The van der Waals surface area contributed by atoms with Gasteiger partial charge in [0, 0.05) is 6.42 Å². The average Bonchev–Trinajstić information content (AvgIpc) is 2.85. The molecule has 6 nitrogen and oxygen atoms in total. The summed E-state index contributed by atoms with van der Waals surface area (Å²) in [7, 11) is 0. The Bertz CT molecular complexity index is 348. The van der Waals surface area contributed by atoms with Crippen LogP contribution in [0.2, 0.25) is 0 Å². The highest BCUT2D eigenvalue weighted by Gasteiger charge is 2.55. The quantitative estimate of drug-likeness (QED) is 0.664. The predicted molar refractivity (Wildman–Crippen MR) is 70.9 cm³/mol. The van der Waals surface area contributed by atoms with E-state index in [1.165, 1.54) is 0 Å². The number of hydrogen-bond acceptors (Lipinski definition) is 6. The van der Waals surface area contributed by atoms with Crippen molar-refractivity contribution in [2.24, 2.45) is 5.41 Å². The van der Waals surface area contributed by atoms with E-state index in [9.17, 15) is 9.59 Å². The molecule has 0 amide bonds. The van der Waals surface area contributed by atoms with Crippen molar-refractivity contribution in [3.63, 3.8) is 0 Å². The van der Waals surface area contributed by atoms with E-state index < -0.39 is 17.2 Å². The van der Waals surface area contributed by atoms with Crippen molar-refractivity contribution in [3.05, 3.63) is 0 Å². The molecule has 1 aliphatic heterocycles. The minimum Gasteiger partial charge on any atom is -0.466 e. The van der Waals surface area contributed by atoms with Gasteiger partial charge in [0.05, 0.1) is 26.4 Å². The third-order valence-corrected chi connectivity index (χ3v) is 3.70. The van der Waals surface area contributed by atoms with Gasteiger partial charge in [-0.15, -0.1) is 0 Å². The molecule has 1 heterocycles. The van der Waals surface area contributed by atoms with Crippen LogP contribution in [0.3, 0.4) is 0 Å². The highest BCUT2D eigenvalue weighted by Crippen LogP contribution is 2.43. The molecule has 1 aliphatic rings. The molecular weight excluding hydrogens is 264 g/mol. The number of carbonyl (C=O) groups excluding carboxylic acids is 2. The van der Waals surface area contributed by atoms with Crippen molar-refractivity contribution in [2.45, 2.75) is 46.3 Å². The van der Waals surface area contributed by atoms with Gasteiger partial charge in [-0.3, -0.25) is 9.59 Å². The second-order valence-electron chi connectivity index (χ2n) is 5.00. The lowest BCUT2D eigenvalue weighted by Gasteiger charge is -2.39. The fourth-order valence-electron chi connectivity index (χ4n) is 2.22. The SMILES string of the molecule is CCOC(=O)CC[C@](C)(C(=O)OCC)C1(C)OCCO1. The number of hydrogen-bond donors (Lipinski definition) is 0. The van der Waals surface area contributed by atoms with E-state index in [2.05, 4.69) is 0 Å². The molecule has 0 aromatic heterocycles. The maximum Gasteiger partial charge on any atom is 0.317 e. The molecule has 0 spiro atoms. The highest BCUT2D eigenvalue weighted by atomic mass is 16.7. The van der Waals surface area contributed by atoms with Gasteiger partial charge in [-0.25, -0.2) is 0 Å². The van der Waals surface area contributed by atoms with E-state index >= 15 is 0 Å². The van der Waals surface area contributed by atoms with Crippen molar-refractivity contribution in [1.82, 2.24) is 0 Å². The number of esters is 2. The Morgan fingerprint density at radius 2 is 1.70 bits per heavy atom. The smallest absolute Gasteiger partial charge is 0.317 e. The number of carbonyl (C=O) groups is 2. The van der Waals surface area contributed by atoms with E-state index in [1.807, 2.05) is 0 Å². The van der Waals surface area contributed by atoms with Crippen LogP contribution in [-0.2, 0) is 28.5 Å². The van der Waals surface area contributed by atoms with Crippen molar-refractivity contribution < 1.29 is 28.5 Å². The Hall–Kier alpha value is -1.14. The van der Waals surface area contributed by atoms with Crippen LogP contribution in [0, 0.1) is 5.41 Å². The van der Waals surface area contributed by atoms with Gasteiger partial charge in [-0.05, 0) is 34.1 Å². The van der Waals surface area contributed by atoms with Crippen LogP contribution >= 0.6 is 0 Å². The van der Waals surface area contributed by atoms with Gasteiger partial charge in [0.15, 0.2) is 5.79 Å². The van der Waals surface area contributed by atoms with Crippen molar-refractivity contribution in [2.75, 3.05) is 26.4 Å². The maximum absolute atomic E-state index is 12.3. The predicted octanol–water partition coefficient (Wildman–Crippen LogP) is 1.66. The Labute approximate surface area is 119 Å². The molecule has 1 atom stereocenters. The Morgan fingerprint density at radius 1 is 1.15 bits per heavy atom. The van der Waals surface area contributed by atoms with Crippen LogP contribution < -0.4 is 0 Å². The summed E-state index contributed by atoms with van der Waals surface area (Å²) < 4.78 is 21.2. The molecule has 0 bridgehead atoms. The maximum atomic E-state index is 12.3. The summed E-state index contributed by atoms with van der Waals surface area (Å²) in [4.78, 5) is 23.8. The first-order valence-corrected chi connectivity index (χ1v) is 7.00. The average molecular weight is 288 g/mol. The van der Waals surface area contributed by atoms with Gasteiger partial charge in [-0.1, -0.05) is 0 Å². The van der Waals surface area contributed by atoms with E-state index in [0.717, 1.165) is 0 Å². The minimum absolute atomic E-state index is 0.117. The molecule has 1 fully saturated rings. The number of rotatable bonds is 7. The summed E-state index contributed by atoms with van der Waals surface area (Å²) >= 11 is 0. The molecule has 6 heteroatoms. The highest BCUT2D eigenvalue weighted by molar-refractivity contribution is 5.79. The van der Waals surface area contributed by atoms with Crippen molar-refractivity contribution in [3.8, 4) is 0 Å². The second-order valence-corrected chi connectivity index (χ2v) is 5.00. The summed E-state index contributed by atoms with van der Waals surface area (Å²) in [6.45, 7) is 8.33. The van der Waals surface area contributed by atoms with Gasteiger partial charge in [0.1, 0.15) is 5.41 Å². The van der Waals surface area contributed by atoms with Crippen LogP contribution in [0.5, 0.6) is 0 Å². The molecule has 0 aliphatic carbocycles. The van der Waals surface area contributed by atoms with E-state index in [-0.39, 0.29) is 25.4 Å². The third kappa shape index (κ3) is 3.49. The molecule has 1 rings (SSSR count). The summed E-state index contributed by atoms with van der Waals surface area (Å²) in [5, 5.41) is 0. The zero-order valence-electron chi connectivity index (χ0n) is 12.7. The largest absolute Gasteiger partial charge is 0.466 e. The van der Waals surface area contributed by atoms with Crippen molar-refractivity contribution in [1.29, 1.82) is 0 Å². The van der Waals surface area contributed by atoms with E-state index in [4.69, 9.17) is 18.9 Å². The van der Waals surface area contributed by atoms with Gasteiger partial charge in [0.25, 0.3) is 0 Å². The van der Waals surface area contributed by atoms with Crippen LogP contribution in [-0.4, -0.2) is 44.2 Å². The fourth-order valence-corrected chi connectivity index (χ4v) is 2.22. The molecule has 0 aromatic rings. The second kappa shape index (κ2) is 7.04. The Kier molecular flexibility index (Phi) is 5.95. The van der Waals surface area contributed by atoms with Crippen LogP contribution in [0.25, 0.3) is 0 Å². The van der Waals surface area contributed by atoms with Crippen molar-refractivity contribution >= 4 is 11.9 Å². The van der Waals surface area contributed by atoms with Gasteiger partial charge in [0.2, 0.25) is 0 Å². The summed E-state index contributed by atoms with van der Waals surface area (Å²) in [6.07, 6.45) is 0.368. The summed E-state index contributed by atoms with van der Waals surface area (Å²) in [5.74, 6) is -1.84. The Balaban J connectivity index is 2.84. The summed E-state index contributed by atoms with van der Waals surface area (Å²) in [5.41, 5.74) is -1.05. The fraction of sp³-hybridized carbons (Fsp3) is 0.857. The van der Waals surface area contributed by atoms with Crippen LogP contribution in [0.1, 0.15) is 40.5 Å². The Morgan fingerprint density at radius 3 is 2.20 bits per heavy atom. The normalized spacial score (nSPS) is 20.2. The first kappa shape index (κ1) is 16.9. The molecule has 0 radical (unpaired) electrons.